The van der Waals surface area contributed by atoms with Gasteiger partial charge in [-0.2, -0.15) is 0 Å². The monoisotopic (exact) mass is 322 g/mol. The number of urea groups is 1. The van der Waals surface area contributed by atoms with E-state index >= 15 is 0 Å². The van der Waals surface area contributed by atoms with Crippen LogP contribution >= 0.6 is 11.6 Å². The number of nitrogens with one attached hydrogen (secondary N) is 1. The first-order chi connectivity index (χ1) is 10.5. The van der Waals surface area contributed by atoms with Crippen molar-refractivity contribution >= 4 is 23.6 Å². The topological polar surface area (TPSA) is 58.6 Å². The molecule has 1 aliphatic heterocycles. The Labute approximate surface area is 134 Å². The standard InChI is InChI=1S/C16H19ClN2O3/c1-4-9-19-10(2)13(15(20)22-3)14(18-16(19)21)11-5-7-12(17)8-6-11/h5-8,14H,4,9H2,1-3H3,(H,18,21)/t14-/m0/s1. The molecule has 0 unspecified atom stereocenters. The molecule has 2 amide bonds. The van der Waals surface area contributed by atoms with E-state index in [1.807, 2.05) is 6.92 Å². The summed E-state index contributed by atoms with van der Waals surface area (Å²) in [6, 6.07) is 6.28. The van der Waals surface area contributed by atoms with Crippen LogP contribution in [0.25, 0.3) is 0 Å². The van der Waals surface area contributed by atoms with Gasteiger partial charge in [0.25, 0.3) is 0 Å². The van der Waals surface area contributed by atoms with E-state index in [2.05, 4.69) is 5.32 Å². The molecule has 1 N–H and O–H groups in total. The highest BCUT2D eigenvalue weighted by Gasteiger charge is 2.35. The predicted molar refractivity (Wildman–Crippen MR) is 84.4 cm³/mol. The number of hydrogen-bond donors (Lipinski definition) is 1. The molecule has 1 aliphatic rings. The van der Waals surface area contributed by atoms with Crippen molar-refractivity contribution in [3.8, 4) is 0 Å². The number of methoxy groups -OCH3 is 1. The molecular weight excluding hydrogens is 304 g/mol. The molecule has 0 fully saturated rings. The van der Waals surface area contributed by atoms with E-state index in [1.165, 1.54) is 7.11 Å². The number of esters is 1. The quantitative estimate of drug-likeness (QED) is 0.866. The van der Waals surface area contributed by atoms with Crippen molar-refractivity contribution in [3.63, 3.8) is 0 Å². The average Bonchev–Trinajstić information content (AvgIpc) is 2.51. The number of amides is 2. The largest absolute Gasteiger partial charge is 0.466 e. The van der Waals surface area contributed by atoms with Gasteiger partial charge in [-0.3, -0.25) is 4.90 Å². The molecular formula is C16H19ClN2O3. The number of nitrogens with zero attached hydrogens (tertiary/aromatic N) is 1. The third-order valence-corrected chi connectivity index (χ3v) is 3.90. The smallest absolute Gasteiger partial charge is 0.337 e. The number of carbonyl (C=O) groups is 2. The first-order valence-electron chi connectivity index (χ1n) is 7.12. The van der Waals surface area contributed by atoms with Crippen LogP contribution in [0.15, 0.2) is 35.5 Å². The first kappa shape index (κ1) is 16.4. The Bertz CT molecular complexity index is 610. The van der Waals surface area contributed by atoms with E-state index in [-0.39, 0.29) is 6.03 Å². The fraction of sp³-hybridized carbons (Fsp3) is 0.375. The lowest BCUT2D eigenvalue weighted by Gasteiger charge is -2.35. The Morgan fingerprint density at radius 2 is 2.00 bits per heavy atom. The Balaban J connectivity index is 2.50. The van der Waals surface area contributed by atoms with Crippen LogP contribution in [0.3, 0.4) is 0 Å². The van der Waals surface area contributed by atoms with Gasteiger partial charge in [-0.15, -0.1) is 0 Å². The van der Waals surface area contributed by atoms with Crippen LogP contribution in [0.2, 0.25) is 5.02 Å². The molecule has 118 valence electrons. The maximum Gasteiger partial charge on any atom is 0.337 e. The van der Waals surface area contributed by atoms with Gasteiger partial charge in [-0.1, -0.05) is 30.7 Å². The van der Waals surface area contributed by atoms with Crippen LogP contribution in [0.5, 0.6) is 0 Å². The highest BCUT2D eigenvalue weighted by atomic mass is 35.5. The average molecular weight is 323 g/mol. The molecule has 0 radical (unpaired) electrons. The number of carbonyl (C=O) groups excluding carboxylic acids is 2. The van der Waals surface area contributed by atoms with E-state index in [0.717, 1.165) is 12.0 Å². The van der Waals surface area contributed by atoms with Crippen molar-refractivity contribution in [2.75, 3.05) is 13.7 Å². The van der Waals surface area contributed by atoms with Gasteiger partial charge < -0.3 is 10.1 Å². The minimum atomic E-state index is -0.537. The van der Waals surface area contributed by atoms with Crippen molar-refractivity contribution in [2.45, 2.75) is 26.3 Å². The van der Waals surface area contributed by atoms with E-state index < -0.39 is 12.0 Å². The molecule has 22 heavy (non-hydrogen) atoms. The normalized spacial score (nSPS) is 18.3. The fourth-order valence-corrected chi connectivity index (χ4v) is 2.68. The number of rotatable bonds is 4. The van der Waals surface area contributed by atoms with Gasteiger partial charge in [0, 0.05) is 17.3 Å². The molecule has 1 atom stereocenters. The number of allylic oxidation sites excluding steroid dienone is 1. The number of ether oxygens (including phenoxy) is 1. The highest BCUT2D eigenvalue weighted by molar-refractivity contribution is 6.30. The van der Waals surface area contributed by atoms with Gasteiger partial charge in [0.2, 0.25) is 0 Å². The second kappa shape index (κ2) is 6.83. The van der Waals surface area contributed by atoms with Crippen molar-refractivity contribution in [1.29, 1.82) is 0 Å². The molecule has 0 saturated carbocycles. The second-order valence-electron chi connectivity index (χ2n) is 5.08. The van der Waals surface area contributed by atoms with Crippen molar-refractivity contribution < 1.29 is 14.3 Å². The van der Waals surface area contributed by atoms with Gasteiger partial charge in [0.15, 0.2) is 0 Å². The van der Waals surface area contributed by atoms with Crippen LogP contribution in [0, 0.1) is 0 Å². The van der Waals surface area contributed by atoms with Crippen molar-refractivity contribution in [1.82, 2.24) is 10.2 Å². The van der Waals surface area contributed by atoms with Gasteiger partial charge in [0.05, 0.1) is 18.7 Å². The zero-order chi connectivity index (χ0) is 16.3. The van der Waals surface area contributed by atoms with E-state index in [9.17, 15) is 9.59 Å². The minimum Gasteiger partial charge on any atom is -0.466 e. The summed E-state index contributed by atoms with van der Waals surface area (Å²) < 4.78 is 4.90. The minimum absolute atomic E-state index is 0.216. The maximum absolute atomic E-state index is 12.3. The number of hydrogen-bond acceptors (Lipinski definition) is 3. The van der Waals surface area contributed by atoms with Crippen LogP contribution < -0.4 is 5.32 Å². The van der Waals surface area contributed by atoms with Crippen molar-refractivity contribution in [2.24, 2.45) is 0 Å². The van der Waals surface area contributed by atoms with E-state index in [4.69, 9.17) is 16.3 Å². The molecule has 1 heterocycles. The summed E-state index contributed by atoms with van der Waals surface area (Å²) in [5.41, 5.74) is 1.85. The Morgan fingerprint density at radius 3 is 2.55 bits per heavy atom. The van der Waals surface area contributed by atoms with Crippen LogP contribution in [0.4, 0.5) is 4.79 Å². The molecule has 0 bridgehead atoms. The lowest BCUT2D eigenvalue weighted by molar-refractivity contribution is -0.136. The third-order valence-electron chi connectivity index (χ3n) is 3.65. The van der Waals surface area contributed by atoms with Crippen LogP contribution in [-0.4, -0.2) is 30.6 Å². The Kier molecular flexibility index (Phi) is 5.08. The van der Waals surface area contributed by atoms with E-state index in [0.29, 0.717) is 22.8 Å². The summed E-state index contributed by atoms with van der Waals surface area (Å²) in [6.45, 7) is 4.29. The molecule has 6 heteroatoms. The van der Waals surface area contributed by atoms with E-state index in [1.54, 1.807) is 36.1 Å². The summed E-state index contributed by atoms with van der Waals surface area (Å²) in [6.07, 6.45) is 0.796. The Hall–Kier alpha value is -2.01. The van der Waals surface area contributed by atoms with Gasteiger partial charge in [-0.25, -0.2) is 9.59 Å². The van der Waals surface area contributed by atoms with Crippen LogP contribution in [-0.2, 0) is 9.53 Å². The zero-order valence-electron chi connectivity index (χ0n) is 12.9. The number of benzene rings is 1. The zero-order valence-corrected chi connectivity index (χ0v) is 13.6. The summed E-state index contributed by atoms with van der Waals surface area (Å²) >= 11 is 5.90. The van der Waals surface area contributed by atoms with Gasteiger partial charge >= 0.3 is 12.0 Å². The molecule has 0 aliphatic carbocycles. The lowest BCUT2D eigenvalue weighted by atomic mass is 9.95. The molecule has 5 nitrogen and oxygen atoms in total. The maximum atomic E-state index is 12.3. The number of halogens is 1. The molecule has 0 saturated heterocycles. The molecule has 1 aromatic carbocycles. The predicted octanol–water partition coefficient (Wildman–Crippen LogP) is 3.26. The van der Waals surface area contributed by atoms with Crippen molar-refractivity contribution in [3.05, 3.63) is 46.1 Å². The van der Waals surface area contributed by atoms with Gasteiger partial charge in [-0.05, 0) is 31.0 Å². The fourth-order valence-electron chi connectivity index (χ4n) is 2.55. The summed E-state index contributed by atoms with van der Waals surface area (Å²) in [5.74, 6) is -0.446. The summed E-state index contributed by atoms with van der Waals surface area (Å²) in [4.78, 5) is 26.1. The van der Waals surface area contributed by atoms with Gasteiger partial charge in [0.1, 0.15) is 0 Å². The SMILES string of the molecule is CCCN1C(=O)N[C@@H](c2ccc(Cl)cc2)C(C(=O)OC)=C1C. The summed E-state index contributed by atoms with van der Waals surface area (Å²) in [5, 5.41) is 3.46. The molecule has 0 aromatic heterocycles. The molecule has 2 rings (SSSR count). The molecule has 0 spiro atoms. The first-order valence-corrected chi connectivity index (χ1v) is 7.50. The summed E-state index contributed by atoms with van der Waals surface area (Å²) in [7, 11) is 1.34. The Morgan fingerprint density at radius 1 is 1.36 bits per heavy atom. The lowest BCUT2D eigenvalue weighted by Crippen LogP contribution is -2.48. The third kappa shape index (κ3) is 3.09. The molecule has 1 aromatic rings. The van der Waals surface area contributed by atoms with Crippen LogP contribution in [0.1, 0.15) is 31.9 Å². The highest BCUT2D eigenvalue weighted by Crippen LogP contribution is 2.31. The second-order valence-corrected chi connectivity index (χ2v) is 5.51.